The van der Waals surface area contributed by atoms with Crippen LogP contribution in [0.25, 0.3) is 0 Å². The Hall–Kier alpha value is -0.120. The monoisotopic (exact) mass is 273 g/mol. The normalized spacial score (nSPS) is 11.4. The van der Waals surface area contributed by atoms with Gasteiger partial charge in [-0.1, -0.05) is 20.8 Å². The Morgan fingerprint density at radius 3 is 1.58 bits per heavy atom. The van der Waals surface area contributed by atoms with Crippen LogP contribution in [0.2, 0.25) is 0 Å². The van der Waals surface area contributed by atoms with Gasteiger partial charge in [-0.2, -0.15) is 0 Å². The number of rotatable bonds is 10. The first-order chi connectivity index (χ1) is 8.97. The Balaban J connectivity index is 0. The van der Waals surface area contributed by atoms with Crippen molar-refractivity contribution >= 4 is 0 Å². The van der Waals surface area contributed by atoms with Crippen LogP contribution in [0.15, 0.2) is 0 Å². The van der Waals surface area contributed by atoms with E-state index in [1.165, 1.54) is 39.0 Å². The highest BCUT2D eigenvalue weighted by Crippen LogP contribution is 1.97. The van der Waals surface area contributed by atoms with Crippen molar-refractivity contribution in [2.75, 3.05) is 53.9 Å². The highest BCUT2D eigenvalue weighted by Gasteiger charge is 2.04. The van der Waals surface area contributed by atoms with E-state index in [1.807, 2.05) is 13.8 Å². The molecule has 0 aliphatic heterocycles. The fraction of sp³-hybridized carbons (Fsp3) is 1.00. The predicted octanol–water partition coefficient (Wildman–Crippen LogP) is 3.02. The van der Waals surface area contributed by atoms with Gasteiger partial charge in [0.05, 0.1) is 0 Å². The lowest BCUT2D eigenvalue weighted by molar-refractivity contribution is 0.237. The summed E-state index contributed by atoms with van der Waals surface area (Å²) >= 11 is 0. The molecule has 0 aromatic rings. The van der Waals surface area contributed by atoms with Gasteiger partial charge in [-0.15, -0.1) is 0 Å². The van der Waals surface area contributed by atoms with Crippen molar-refractivity contribution in [2.45, 2.75) is 53.5 Å². The van der Waals surface area contributed by atoms with Crippen molar-refractivity contribution in [3.63, 3.8) is 0 Å². The molecule has 0 bridgehead atoms. The van der Waals surface area contributed by atoms with E-state index in [1.54, 1.807) is 0 Å². The quantitative estimate of drug-likeness (QED) is 0.606. The van der Waals surface area contributed by atoms with Crippen LogP contribution in [0.4, 0.5) is 0 Å². The molecular weight excluding hydrogens is 234 g/mol. The van der Waals surface area contributed by atoms with Crippen LogP contribution in [0.3, 0.4) is 0 Å². The van der Waals surface area contributed by atoms with Gasteiger partial charge in [0, 0.05) is 6.04 Å². The molecule has 0 spiro atoms. The van der Waals surface area contributed by atoms with Gasteiger partial charge in [0.15, 0.2) is 0 Å². The molecule has 0 unspecified atom stereocenters. The average Bonchev–Trinajstić information content (AvgIpc) is 2.40. The highest BCUT2D eigenvalue weighted by atomic mass is 15.1. The topological polar surface area (TPSA) is 9.72 Å². The average molecular weight is 274 g/mol. The molecule has 19 heavy (non-hydrogen) atoms. The minimum Gasteiger partial charge on any atom is -0.307 e. The van der Waals surface area contributed by atoms with Crippen LogP contribution in [-0.4, -0.2) is 74.6 Å². The molecule has 0 aliphatic carbocycles. The zero-order valence-corrected chi connectivity index (χ0v) is 14.9. The van der Waals surface area contributed by atoms with Gasteiger partial charge in [0.25, 0.3) is 0 Å². The van der Waals surface area contributed by atoms with Gasteiger partial charge in [0.1, 0.15) is 0 Å². The molecule has 0 saturated carbocycles. The van der Waals surface area contributed by atoms with Gasteiger partial charge in [0.2, 0.25) is 0 Å². The lowest BCUT2D eigenvalue weighted by Gasteiger charge is -2.23. The summed E-state index contributed by atoms with van der Waals surface area (Å²) in [6.07, 6.45) is 2.55. The predicted molar refractivity (Wildman–Crippen MR) is 89.0 cm³/mol. The molecule has 0 atom stereocenters. The first-order valence-corrected chi connectivity index (χ1v) is 8.04. The van der Waals surface area contributed by atoms with Crippen LogP contribution < -0.4 is 0 Å². The maximum Gasteiger partial charge on any atom is 0.00355 e. The summed E-state index contributed by atoms with van der Waals surface area (Å²) in [6.45, 7) is 16.7. The van der Waals surface area contributed by atoms with E-state index in [0.29, 0.717) is 6.04 Å². The summed E-state index contributed by atoms with van der Waals surface area (Å²) in [4.78, 5) is 7.25. The Morgan fingerprint density at radius 1 is 0.737 bits per heavy atom. The molecule has 0 radical (unpaired) electrons. The Labute approximate surface area is 122 Å². The summed E-state index contributed by atoms with van der Waals surface area (Å²) < 4.78 is 0. The third-order valence-electron chi connectivity index (χ3n) is 3.55. The molecule has 118 valence electrons. The summed E-state index contributed by atoms with van der Waals surface area (Å²) in [7, 11) is 6.64. The molecule has 0 saturated heterocycles. The van der Waals surface area contributed by atoms with E-state index in [-0.39, 0.29) is 0 Å². The van der Waals surface area contributed by atoms with E-state index in [4.69, 9.17) is 0 Å². The van der Waals surface area contributed by atoms with Crippen molar-refractivity contribution in [1.82, 2.24) is 14.7 Å². The second kappa shape index (κ2) is 14.3. The summed E-state index contributed by atoms with van der Waals surface area (Å²) in [6, 6.07) is 0.665. The van der Waals surface area contributed by atoms with Gasteiger partial charge in [-0.05, 0) is 80.6 Å². The number of nitrogens with zero attached hydrogens (tertiary/aromatic N) is 3. The smallest absolute Gasteiger partial charge is 0.00355 e. The molecule has 0 amide bonds. The lowest BCUT2D eigenvalue weighted by atomic mass is 10.3. The molecular formula is C16H39N3. The second-order valence-corrected chi connectivity index (χ2v) is 5.48. The maximum absolute atomic E-state index is 2.46. The van der Waals surface area contributed by atoms with Crippen molar-refractivity contribution in [3.05, 3.63) is 0 Å². The molecule has 0 rings (SSSR count). The van der Waals surface area contributed by atoms with Gasteiger partial charge in [-0.3, -0.25) is 0 Å². The van der Waals surface area contributed by atoms with Crippen LogP contribution >= 0.6 is 0 Å². The largest absolute Gasteiger partial charge is 0.307 e. The van der Waals surface area contributed by atoms with Crippen molar-refractivity contribution in [2.24, 2.45) is 0 Å². The molecule has 0 aromatic carbocycles. The van der Waals surface area contributed by atoms with Crippen LogP contribution in [0.5, 0.6) is 0 Å². The van der Waals surface area contributed by atoms with E-state index >= 15 is 0 Å². The van der Waals surface area contributed by atoms with E-state index in [0.717, 1.165) is 6.54 Å². The molecule has 0 aromatic heterocycles. The molecule has 3 nitrogen and oxygen atoms in total. The standard InChI is InChI=1S/C14H33N3.C2H6/c1-7-15(4)10-8-11-16(5)12-9-13-17(6)14(2)3;1-2/h14H,7-13H2,1-6H3;1-2H3. The van der Waals surface area contributed by atoms with E-state index in [9.17, 15) is 0 Å². The number of hydrogen-bond acceptors (Lipinski definition) is 3. The van der Waals surface area contributed by atoms with Crippen molar-refractivity contribution in [1.29, 1.82) is 0 Å². The van der Waals surface area contributed by atoms with Crippen molar-refractivity contribution in [3.8, 4) is 0 Å². The first kappa shape index (κ1) is 21.2. The second-order valence-electron chi connectivity index (χ2n) is 5.48. The highest BCUT2D eigenvalue weighted by molar-refractivity contribution is 4.60. The molecule has 3 heteroatoms. The summed E-state index contributed by atoms with van der Waals surface area (Å²) in [5.41, 5.74) is 0. The molecule has 0 aliphatic rings. The zero-order valence-electron chi connectivity index (χ0n) is 14.9. The third-order valence-corrected chi connectivity index (χ3v) is 3.55. The minimum absolute atomic E-state index is 0.665. The minimum atomic E-state index is 0.665. The SMILES string of the molecule is CC.CCN(C)CCCN(C)CCCN(C)C(C)C. The Morgan fingerprint density at radius 2 is 1.16 bits per heavy atom. The maximum atomic E-state index is 2.46. The summed E-state index contributed by atoms with van der Waals surface area (Å²) in [5, 5.41) is 0. The third kappa shape index (κ3) is 14.1. The Kier molecular flexibility index (Phi) is 15.9. The number of hydrogen-bond donors (Lipinski definition) is 0. The molecule has 0 N–H and O–H groups in total. The van der Waals surface area contributed by atoms with Crippen LogP contribution in [0.1, 0.15) is 47.5 Å². The van der Waals surface area contributed by atoms with Gasteiger partial charge < -0.3 is 14.7 Å². The van der Waals surface area contributed by atoms with Crippen LogP contribution in [0, 0.1) is 0 Å². The Bertz CT molecular complexity index is 171. The fourth-order valence-corrected chi connectivity index (χ4v) is 1.73. The molecule has 0 fully saturated rings. The van der Waals surface area contributed by atoms with E-state index in [2.05, 4.69) is 56.6 Å². The first-order valence-electron chi connectivity index (χ1n) is 8.04. The zero-order chi connectivity index (χ0) is 15.3. The van der Waals surface area contributed by atoms with E-state index < -0.39 is 0 Å². The lowest BCUT2D eigenvalue weighted by Crippen LogP contribution is -2.31. The van der Waals surface area contributed by atoms with Gasteiger partial charge >= 0.3 is 0 Å². The summed E-state index contributed by atoms with van der Waals surface area (Å²) in [5.74, 6) is 0. The molecule has 0 heterocycles. The fourth-order valence-electron chi connectivity index (χ4n) is 1.73. The van der Waals surface area contributed by atoms with Crippen LogP contribution in [-0.2, 0) is 0 Å². The van der Waals surface area contributed by atoms with Gasteiger partial charge in [-0.25, -0.2) is 0 Å². The van der Waals surface area contributed by atoms with Crippen molar-refractivity contribution < 1.29 is 0 Å².